The number of alkyl halides is 3. The molecule has 4 aromatic rings. The summed E-state index contributed by atoms with van der Waals surface area (Å²) in [6.07, 6.45) is -4.49. The average molecular weight is 576 g/mol. The molecule has 1 heterocycles. The van der Waals surface area contributed by atoms with Gasteiger partial charge in [-0.1, -0.05) is 23.7 Å². The molecule has 0 fully saturated rings. The van der Waals surface area contributed by atoms with Gasteiger partial charge in [-0.05, 0) is 55.5 Å². The zero-order valence-electron chi connectivity index (χ0n) is 20.8. The van der Waals surface area contributed by atoms with E-state index < -0.39 is 28.3 Å². The minimum absolute atomic E-state index is 0.00341. The summed E-state index contributed by atoms with van der Waals surface area (Å²) in [5.41, 5.74) is 0.0437. The molecule has 0 bridgehead atoms. The van der Waals surface area contributed by atoms with Crippen LogP contribution in [-0.4, -0.2) is 45.4 Å². The molecule has 0 radical (unpaired) electrons. The number of aromatic nitrogens is 3. The molecule has 0 aliphatic rings. The maximum absolute atomic E-state index is 13.1. The number of anilines is 1. The predicted octanol–water partition coefficient (Wildman–Crippen LogP) is 6.18. The number of benzene rings is 3. The Bertz CT molecular complexity index is 1510. The number of amides is 1. The molecule has 40 heavy (non-hydrogen) atoms. The Morgan fingerprint density at radius 1 is 1.07 bits per heavy atom. The quantitative estimate of drug-likeness (QED) is 0.136. The Morgan fingerprint density at radius 2 is 1.77 bits per heavy atom. The number of hydrogen-bond donors (Lipinski definition) is 1. The first kappa shape index (κ1) is 28.5. The van der Waals surface area contributed by atoms with Crippen molar-refractivity contribution in [2.24, 2.45) is 0 Å². The maximum atomic E-state index is 13.1. The van der Waals surface area contributed by atoms with Gasteiger partial charge in [0.2, 0.25) is 0 Å². The van der Waals surface area contributed by atoms with Crippen molar-refractivity contribution in [2.45, 2.75) is 13.1 Å². The highest BCUT2D eigenvalue weighted by Gasteiger charge is 2.30. The first-order valence-electron chi connectivity index (χ1n) is 11.8. The highest BCUT2D eigenvalue weighted by Crippen LogP contribution is 2.32. The number of hydrogen-bond acceptors (Lipinski definition) is 7. The minimum atomic E-state index is -4.49. The van der Waals surface area contributed by atoms with Crippen LogP contribution in [0.1, 0.15) is 22.8 Å². The molecule has 0 aliphatic heterocycles. The monoisotopic (exact) mass is 575 g/mol. The van der Waals surface area contributed by atoms with Gasteiger partial charge in [0.25, 0.3) is 11.6 Å². The summed E-state index contributed by atoms with van der Waals surface area (Å²) in [5, 5.41) is 18.0. The maximum Gasteiger partial charge on any atom is 0.416 e. The van der Waals surface area contributed by atoms with Crippen LogP contribution in [0.3, 0.4) is 0 Å². The molecule has 1 N–H and O–H groups in total. The molecule has 0 atom stereocenters. The third-order valence-electron chi connectivity index (χ3n) is 5.50. The standard InChI is InChI=1S/C26H21ClF3N5O5/c1-2-39-13-14-40-25-32-23(16-3-6-18(7-4-16)26(28,29)30)34(33-25)20-10-8-19(9-11-20)31-24(36)17-5-12-21(27)22(15-17)35(37)38/h3-12,15H,2,13-14H2,1H3,(H,31,36). The lowest BCUT2D eigenvalue weighted by atomic mass is 10.1. The number of nitrogens with zero attached hydrogens (tertiary/aromatic N) is 4. The van der Waals surface area contributed by atoms with Gasteiger partial charge >= 0.3 is 12.2 Å². The highest BCUT2D eigenvalue weighted by molar-refractivity contribution is 6.32. The lowest BCUT2D eigenvalue weighted by Gasteiger charge is -2.10. The van der Waals surface area contributed by atoms with Gasteiger partial charge in [0.05, 0.1) is 22.8 Å². The second kappa shape index (κ2) is 12.1. The van der Waals surface area contributed by atoms with Crippen LogP contribution in [0.25, 0.3) is 17.1 Å². The van der Waals surface area contributed by atoms with Crippen LogP contribution in [0.2, 0.25) is 5.02 Å². The van der Waals surface area contributed by atoms with Gasteiger partial charge in [-0.25, -0.2) is 4.68 Å². The Morgan fingerprint density at radius 3 is 2.40 bits per heavy atom. The summed E-state index contributed by atoms with van der Waals surface area (Å²) in [6, 6.07) is 14.5. The van der Waals surface area contributed by atoms with Crippen LogP contribution in [-0.2, 0) is 10.9 Å². The van der Waals surface area contributed by atoms with E-state index in [1.165, 1.54) is 28.9 Å². The second-order valence-electron chi connectivity index (χ2n) is 8.17. The van der Waals surface area contributed by atoms with Crippen molar-refractivity contribution in [1.29, 1.82) is 0 Å². The van der Waals surface area contributed by atoms with Gasteiger partial charge in [-0.15, -0.1) is 5.10 Å². The third kappa shape index (κ3) is 6.74. The summed E-state index contributed by atoms with van der Waals surface area (Å²) < 4.78 is 51.3. The fraction of sp³-hybridized carbons (Fsp3) is 0.192. The van der Waals surface area contributed by atoms with Gasteiger partial charge in [-0.2, -0.15) is 18.2 Å². The van der Waals surface area contributed by atoms with Gasteiger partial charge in [0, 0.05) is 29.5 Å². The van der Waals surface area contributed by atoms with E-state index in [0.717, 1.165) is 18.2 Å². The van der Waals surface area contributed by atoms with Crippen LogP contribution in [0.15, 0.2) is 66.7 Å². The van der Waals surface area contributed by atoms with Gasteiger partial charge in [-0.3, -0.25) is 14.9 Å². The number of rotatable bonds is 10. The zero-order valence-corrected chi connectivity index (χ0v) is 21.6. The van der Waals surface area contributed by atoms with Crippen LogP contribution in [0.5, 0.6) is 6.01 Å². The SMILES string of the molecule is CCOCCOc1nc(-c2ccc(C(F)(F)F)cc2)n(-c2ccc(NC(=O)c3ccc(Cl)c([N+](=O)[O-])c3)cc2)n1. The van der Waals surface area contributed by atoms with E-state index >= 15 is 0 Å². The molecule has 0 spiro atoms. The Hall–Kier alpha value is -4.49. The third-order valence-corrected chi connectivity index (χ3v) is 5.82. The van der Waals surface area contributed by atoms with Crippen molar-refractivity contribution in [3.05, 3.63) is 93.0 Å². The molecular formula is C26H21ClF3N5O5. The van der Waals surface area contributed by atoms with Crippen molar-refractivity contribution in [3.8, 4) is 23.1 Å². The van der Waals surface area contributed by atoms with Crippen LogP contribution < -0.4 is 10.1 Å². The first-order chi connectivity index (χ1) is 19.1. The smallest absolute Gasteiger partial charge is 0.416 e. The molecule has 10 nitrogen and oxygen atoms in total. The molecule has 0 saturated carbocycles. The molecule has 1 aromatic heterocycles. The van der Waals surface area contributed by atoms with E-state index in [1.807, 2.05) is 6.92 Å². The summed E-state index contributed by atoms with van der Waals surface area (Å²) in [6.45, 7) is 2.80. The topological polar surface area (TPSA) is 121 Å². The number of nitrogens with one attached hydrogen (secondary N) is 1. The average Bonchev–Trinajstić information content (AvgIpc) is 3.35. The van der Waals surface area contributed by atoms with Crippen LogP contribution >= 0.6 is 11.6 Å². The van der Waals surface area contributed by atoms with Crippen molar-refractivity contribution < 1.29 is 32.4 Å². The lowest BCUT2D eigenvalue weighted by Crippen LogP contribution is -2.12. The van der Waals surface area contributed by atoms with Crippen molar-refractivity contribution in [3.63, 3.8) is 0 Å². The van der Waals surface area contributed by atoms with Crippen LogP contribution in [0, 0.1) is 10.1 Å². The van der Waals surface area contributed by atoms with Crippen molar-refractivity contribution in [1.82, 2.24) is 14.8 Å². The second-order valence-corrected chi connectivity index (χ2v) is 8.58. The predicted molar refractivity (Wildman–Crippen MR) is 140 cm³/mol. The van der Waals surface area contributed by atoms with E-state index in [9.17, 15) is 28.1 Å². The molecule has 0 unspecified atom stereocenters. The number of halogens is 4. The first-order valence-corrected chi connectivity index (χ1v) is 12.2. The highest BCUT2D eigenvalue weighted by atomic mass is 35.5. The largest absolute Gasteiger partial charge is 0.460 e. The lowest BCUT2D eigenvalue weighted by molar-refractivity contribution is -0.384. The van der Waals surface area contributed by atoms with Gasteiger partial charge in [0.15, 0.2) is 5.82 Å². The molecule has 1 amide bonds. The summed E-state index contributed by atoms with van der Waals surface area (Å²) in [5.74, 6) is -0.367. The molecule has 0 aliphatic carbocycles. The number of carbonyl (C=O) groups is 1. The Balaban J connectivity index is 1.59. The number of ether oxygens (including phenoxy) is 2. The van der Waals surface area contributed by atoms with Crippen molar-refractivity contribution >= 4 is 28.9 Å². The Kier molecular flexibility index (Phi) is 8.65. The molecule has 3 aromatic carbocycles. The minimum Gasteiger partial charge on any atom is -0.460 e. The van der Waals surface area contributed by atoms with E-state index in [1.54, 1.807) is 24.3 Å². The number of nitro groups is 1. The zero-order chi connectivity index (χ0) is 28.9. The van der Waals surface area contributed by atoms with E-state index in [4.69, 9.17) is 21.1 Å². The Labute approximate surface area is 230 Å². The molecule has 0 saturated heterocycles. The fourth-order valence-electron chi connectivity index (χ4n) is 3.55. The van der Waals surface area contributed by atoms with E-state index in [0.29, 0.717) is 30.2 Å². The molecule has 14 heteroatoms. The number of carbonyl (C=O) groups excluding carboxylic acids is 1. The number of nitro benzene ring substituents is 1. The molecule has 208 valence electrons. The summed E-state index contributed by atoms with van der Waals surface area (Å²) in [4.78, 5) is 27.4. The summed E-state index contributed by atoms with van der Waals surface area (Å²) in [7, 11) is 0. The molecular weight excluding hydrogens is 555 g/mol. The van der Waals surface area contributed by atoms with E-state index in [-0.39, 0.29) is 29.0 Å². The molecule has 4 rings (SSSR count). The van der Waals surface area contributed by atoms with Gasteiger partial charge in [0.1, 0.15) is 11.6 Å². The van der Waals surface area contributed by atoms with Crippen LogP contribution in [0.4, 0.5) is 24.5 Å². The van der Waals surface area contributed by atoms with Crippen molar-refractivity contribution in [2.75, 3.05) is 25.1 Å². The van der Waals surface area contributed by atoms with Gasteiger partial charge < -0.3 is 14.8 Å². The normalized spacial score (nSPS) is 11.3. The van der Waals surface area contributed by atoms with E-state index in [2.05, 4.69) is 15.4 Å². The fourth-order valence-corrected chi connectivity index (χ4v) is 3.74. The summed E-state index contributed by atoms with van der Waals surface area (Å²) >= 11 is 5.81.